The SMILES string of the molecule is COc1ccc(NC(=O)c2ccoc2)cc1S(=O)(=O)Nc1ccc(Br)cc1. The van der Waals surface area contributed by atoms with Crippen molar-refractivity contribution in [3.05, 3.63) is 71.1 Å². The number of nitrogens with one attached hydrogen (secondary N) is 2. The summed E-state index contributed by atoms with van der Waals surface area (Å²) >= 11 is 3.30. The number of halogens is 1. The largest absolute Gasteiger partial charge is 0.495 e. The van der Waals surface area contributed by atoms with Crippen LogP contribution in [0.1, 0.15) is 10.4 Å². The molecule has 0 bridgehead atoms. The molecule has 27 heavy (non-hydrogen) atoms. The highest BCUT2D eigenvalue weighted by Crippen LogP contribution is 2.29. The summed E-state index contributed by atoms with van der Waals surface area (Å²) in [6.07, 6.45) is 2.67. The lowest BCUT2D eigenvalue weighted by molar-refractivity contribution is 0.102. The number of sulfonamides is 1. The van der Waals surface area contributed by atoms with E-state index < -0.39 is 15.9 Å². The molecule has 1 heterocycles. The summed E-state index contributed by atoms with van der Waals surface area (Å²) in [5.74, 6) is -0.265. The predicted octanol–water partition coefficient (Wildman–Crippen LogP) is 4.10. The number of hydrogen-bond donors (Lipinski definition) is 2. The van der Waals surface area contributed by atoms with Crippen molar-refractivity contribution in [2.75, 3.05) is 17.1 Å². The zero-order chi connectivity index (χ0) is 19.4. The Morgan fingerprint density at radius 3 is 2.41 bits per heavy atom. The van der Waals surface area contributed by atoms with Crippen molar-refractivity contribution < 1.29 is 22.4 Å². The van der Waals surface area contributed by atoms with E-state index in [4.69, 9.17) is 9.15 Å². The molecule has 9 heteroatoms. The van der Waals surface area contributed by atoms with E-state index >= 15 is 0 Å². The summed E-state index contributed by atoms with van der Waals surface area (Å²) in [6.45, 7) is 0. The van der Waals surface area contributed by atoms with Gasteiger partial charge in [0.1, 0.15) is 16.9 Å². The number of methoxy groups -OCH3 is 1. The molecule has 1 amide bonds. The third kappa shape index (κ3) is 4.50. The zero-order valence-electron chi connectivity index (χ0n) is 14.1. The summed E-state index contributed by atoms with van der Waals surface area (Å²) in [5, 5.41) is 2.63. The Morgan fingerprint density at radius 1 is 1.07 bits per heavy atom. The molecule has 0 saturated carbocycles. The second-order valence-electron chi connectivity index (χ2n) is 5.44. The van der Waals surface area contributed by atoms with Gasteiger partial charge in [0.25, 0.3) is 15.9 Å². The number of rotatable bonds is 6. The molecular weight excluding hydrogens is 436 g/mol. The van der Waals surface area contributed by atoms with Gasteiger partial charge in [-0.15, -0.1) is 0 Å². The fourth-order valence-electron chi connectivity index (χ4n) is 2.29. The Balaban J connectivity index is 1.90. The lowest BCUT2D eigenvalue weighted by atomic mass is 10.2. The van der Waals surface area contributed by atoms with Gasteiger partial charge in [-0.25, -0.2) is 8.42 Å². The molecule has 2 aromatic carbocycles. The number of furan rings is 1. The van der Waals surface area contributed by atoms with Crippen molar-refractivity contribution >= 4 is 43.2 Å². The van der Waals surface area contributed by atoms with Crippen LogP contribution in [0.5, 0.6) is 5.75 Å². The number of carbonyl (C=O) groups is 1. The normalized spacial score (nSPS) is 11.0. The first-order chi connectivity index (χ1) is 12.9. The molecule has 3 aromatic rings. The van der Waals surface area contributed by atoms with Gasteiger partial charge in [0.15, 0.2) is 0 Å². The average molecular weight is 451 g/mol. The molecule has 7 nitrogen and oxygen atoms in total. The molecule has 0 aliphatic carbocycles. The summed E-state index contributed by atoms with van der Waals surface area (Å²) in [4.78, 5) is 12.0. The maximum absolute atomic E-state index is 12.8. The first-order valence-electron chi connectivity index (χ1n) is 7.69. The van der Waals surface area contributed by atoms with E-state index in [2.05, 4.69) is 26.0 Å². The van der Waals surface area contributed by atoms with Gasteiger partial charge in [0.2, 0.25) is 0 Å². The van der Waals surface area contributed by atoms with Crippen LogP contribution in [0, 0.1) is 0 Å². The Kier molecular flexibility index (Phi) is 5.52. The second-order valence-corrected chi connectivity index (χ2v) is 8.01. The van der Waals surface area contributed by atoms with E-state index in [9.17, 15) is 13.2 Å². The molecule has 1 aromatic heterocycles. The van der Waals surface area contributed by atoms with Gasteiger partial charge >= 0.3 is 0 Å². The van der Waals surface area contributed by atoms with Gasteiger partial charge in [-0.3, -0.25) is 9.52 Å². The first kappa shape index (κ1) is 19.0. The standard InChI is InChI=1S/C18H15BrN2O5S/c1-25-16-7-6-15(20-18(22)12-8-9-26-11-12)10-17(16)27(23,24)21-14-4-2-13(19)3-5-14/h2-11,21H,1H3,(H,20,22). The fourth-order valence-corrected chi connectivity index (χ4v) is 3.81. The fraction of sp³-hybridized carbons (Fsp3) is 0.0556. The Labute approximate surface area is 164 Å². The van der Waals surface area contributed by atoms with Crippen molar-refractivity contribution in [3.8, 4) is 5.75 Å². The van der Waals surface area contributed by atoms with Crippen LogP contribution in [-0.4, -0.2) is 21.4 Å². The summed E-state index contributed by atoms with van der Waals surface area (Å²) < 4.78 is 39.0. The molecule has 0 aliphatic heterocycles. The molecule has 0 saturated heterocycles. The minimum atomic E-state index is -3.94. The molecular formula is C18H15BrN2O5S. The van der Waals surface area contributed by atoms with Crippen molar-refractivity contribution in [1.29, 1.82) is 0 Å². The smallest absolute Gasteiger partial charge is 0.265 e. The topological polar surface area (TPSA) is 97.6 Å². The Hall–Kier alpha value is -2.78. The van der Waals surface area contributed by atoms with Crippen molar-refractivity contribution in [2.24, 2.45) is 0 Å². The molecule has 0 fully saturated rings. The van der Waals surface area contributed by atoms with Gasteiger partial charge in [-0.05, 0) is 48.5 Å². The predicted molar refractivity (Wildman–Crippen MR) is 105 cm³/mol. The van der Waals surface area contributed by atoms with Crippen molar-refractivity contribution in [3.63, 3.8) is 0 Å². The molecule has 0 radical (unpaired) electrons. The summed E-state index contributed by atoms with van der Waals surface area (Å²) in [7, 11) is -2.57. The van der Waals surface area contributed by atoms with Crippen LogP contribution in [0.25, 0.3) is 0 Å². The van der Waals surface area contributed by atoms with E-state index in [1.54, 1.807) is 30.3 Å². The maximum atomic E-state index is 12.8. The molecule has 0 spiro atoms. The van der Waals surface area contributed by atoms with E-state index in [0.29, 0.717) is 16.9 Å². The van der Waals surface area contributed by atoms with Crippen LogP contribution in [0.3, 0.4) is 0 Å². The van der Waals surface area contributed by atoms with Crippen LogP contribution >= 0.6 is 15.9 Å². The number of benzene rings is 2. The highest BCUT2D eigenvalue weighted by molar-refractivity contribution is 9.10. The van der Waals surface area contributed by atoms with Crippen LogP contribution in [0.15, 0.2) is 74.8 Å². The Bertz CT molecular complexity index is 1050. The van der Waals surface area contributed by atoms with Crippen LogP contribution in [-0.2, 0) is 10.0 Å². The average Bonchev–Trinajstić information content (AvgIpc) is 3.18. The van der Waals surface area contributed by atoms with Crippen LogP contribution in [0.2, 0.25) is 0 Å². The highest BCUT2D eigenvalue weighted by Gasteiger charge is 2.21. The molecule has 3 rings (SSSR count). The molecule has 140 valence electrons. The van der Waals surface area contributed by atoms with Gasteiger partial charge in [-0.2, -0.15) is 0 Å². The monoisotopic (exact) mass is 450 g/mol. The Morgan fingerprint density at radius 2 is 1.78 bits per heavy atom. The number of amides is 1. The van der Waals surface area contributed by atoms with Gasteiger partial charge < -0.3 is 14.5 Å². The third-order valence-electron chi connectivity index (χ3n) is 3.59. The number of carbonyl (C=O) groups excluding carboxylic acids is 1. The van der Waals surface area contributed by atoms with Gasteiger partial charge in [0.05, 0.1) is 18.9 Å². The van der Waals surface area contributed by atoms with Gasteiger partial charge in [-0.1, -0.05) is 15.9 Å². The molecule has 0 unspecified atom stereocenters. The third-order valence-corrected chi connectivity index (χ3v) is 5.52. The van der Waals surface area contributed by atoms with Crippen LogP contribution in [0.4, 0.5) is 11.4 Å². The summed E-state index contributed by atoms with van der Waals surface area (Å²) in [5.41, 5.74) is 1.02. The minimum absolute atomic E-state index is 0.0992. The van der Waals surface area contributed by atoms with E-state index in [1.807, 2.05) is 0 Å². The number of ether oxygens (including phenoxy) is 1. The molecule has 2 N–H and O–H groups in total. The van der Waals surface area contributed by atoms with E-state index in [-0.39, 0.29) is 10.6 Å². The highest BCUT2D eigenvalue weighted by atomic mass is 79.9. The van der Waals surface area contributed by atoms with Gasteiger partial charge in [0, 0.05) is 15.8 Å². The summed E-state index contributed by atoms with van der Waals surface area (Å²) in [6, 6.07) is 12.5. The minimum Gasteiger partial charge on any atom is -0.495 e. The molecule has 0 aliphatic rings. The second kappa shape index (κ2) is 7.85. The van der Waals surface area contributed by atoms with E-state index in [0.717, 1.165) is 4.47 Å². The molecule has 0 atom stereocenters. The number of hydrogen-bond acceptors (Lipinski definition) is 5. The van der Waals surface area contributed by atoms with E-state index in [1.165, 1.54) is 37.8 Å². The van der Waals surface area contributed by atoms with Crippen molar-refractivity contribution in [1.82, 2.24) is 0 Å². The zero-order valence-corrected chi connectivity index (χ0v) is 16.5. The first-order valence-corrected chi connectivity index (χ1v) is 9.96. The van der Waals surface area contributed by atoms with Crippen molar-refractivity contribution in [2.45, 2.75) is 4.90 Å². The maximum Gasteiger partial charge on any atom is 0.265 e. The quantitative estimate of drug-likeness (QED) is 0.588. The lowest BCUT2D eigenvalue weighted by Gasteiger charge is -2.13. The van der Waals surface area contributed by atoms with Crippen LogP contribution < -0.4 is 14.8 Å². The number of anilines is 2. The lowest BCUT2D eigenvalue weighted by Crippen LogP contribution is -2.16.